The fraction of sp³-hybridized carbons (Fsp3) is 0.320. The van der Waals surface area contributed by atoms with E-state index in [1.165, 1.54) is 11.1 Å². The summed E-state index contributed by atoms with van der Waals surface area (Å²) in [5, 5.41) is 20.6. The molecule has 0 spiro atoms. The van der Waals surface area contributed by atoms with Gasteiger partial charge in [0.05, 0.1) is 10.9 Å². The van der Waals surface area contributed by atoms with Crippen LogP contribution >= 0.6 is 0 Å². The van der Waals surface area contributed by atoms with Gasteiger partial charge in [-0.2, -0.15) is 4.98 Å². The molecule has 0 bridgehead atoms. The molecule has 2 aromatic heterocycles. The highest BCUT2D eigenvalue weighted by molar-refractivity contribution is 6.02. The van der Waals surface area contributed by atoms with E-state index in [0.717, 1.165) is 17.7 Å². The van der Waals surface area contributed by atoms with Crippen molar-refractivity contribution in [1.82, 2.24) is 9.55 Å². The lowest BCUT2D eigenvalue weighted by Gasteiger charge is -2.31. The Bertz CT molecular complexity index is 1340. The van der Waals surface area contributed by atoms with Gasteiger partial charge in [-0.1, -0.05) is 30.3 Å². The molecule has 4 heterocycles. The summed E-state index contributed by atoms with van der Waals surface area (Å²) in [5.74, 6) is -2.03. The van der Waals surface area contributed by atoms with Crippen LogP contribution in [0.2, 0.25) is 0 Å². The fourth-order valence-electron chi connectivity index (χ4n) is 4.67. The van der Waals surface area contributed by atoms with Gasteiger partial charge in [0.1, 0.15) is 0 Å². The normalized spacial score (nSPS) is 20.2. The van der Waals surface area contributed by atoms with E-state index in [9.17, 15) is 19.8 Å². The molecule has 0 fully saturated rings. The molecule has 9 nitrogen and oxygen atoms in total. The number of ether oxygens (including phenoxy) is 2. The first-order valence-electron chi connectivity index (χ1n) is 11.1. The van der Waals surface area contributed by atoms with E-state index in [1.807, 2.05) is 30.5 Å². The lowest BCUT2D eigenvalue weighted by Crippen LogP contribution is -2.45. The summed E-state index contributed by atoms with van der Waals surface area (Å²) in [5.41, 5.74) is 4.88. The number of rotatable bonds is 3. The standard InChI is InChI=1S/C25H25N3O6/c1-4-10-28-14(3)13(2)17-18(28)22(27-11-9-15-7-5-6-8-16(15)12-27)26-23-21(17)33-24(31)19(29)20(30)25(32)34-23/h4-8,19-20,29-30H,1,9-12H2,2-3H3. The maximum absolute atomic E-state index is 12.5. The summed E-state index contributed by atoms with van der Waals surface area (Å²) >= 11 is 0. The monoisotopic (exact) mass is 463 g/mol. The molecule has 0 amide bonds. The van der Waals surface area contributed by atoms with Gasteiger partial charge in [0.25, 0.3) is 5.88 Å². The second-order valence-electron chi connectivity index (χ2n) is 8.58. The van der Waals surface area contributed by atoms with Crippen molar-refractivity contribution in [2.24, 2.45) is 0 Å². The van der Waals surface area contributed by atoms with Crippen molar-refractivity contribution >= 4 is 28.7 Å². The van der Waals surface area contributed by atoms with Crippen LogP contribution in [-0.4, -0.2) is 50.5 Å². The van der Waals surface area contributed by atoms with Crippen LogP contribution in [0.25, 0.3) is 10.9 Å². The zero-order chi connectivity index (χ0) is 24.1. The average molecular weight is 463 g/mol. The van der Waals surface area contributed by atoms with Gasteiger partial charge in [-0.05, 0) is 37.0 Å². The molecule has 0 saturated heterocycles. The minimum atomic E-state index is -2.07. The predicted octanol–water partition coefficient (Wildman–Crippen LogP) is 1.95. The van der Waals surface area contributed by atoms with Crippen LogP contribution in [-0.2, 0) is 29.1 Å². The predicted molar refractivity (Wildman–Crippen MR) is 124 cm³/mol. The van der Waals surface area contributed by atoms with Crippen LogP contribution < -0.4 is 14.4 Å². The summed E-state index contributed by atoms with van der Waals surface area (Å²) < 4.78 is 12.8. The highest BCUT2D eigenvalue weighted by atomic mass is 16.6. The number of esters is 2. The smallest absolute Gasteiger partial charge is 0.345 e. The third-order valence-corrected chi connectivity index (χ3v) is 6.59. The van der Waals surface area contributed by atoms with Crippen molar-refractivity contribution < 1.29 is 29.3 Å². The van der Waals surface area contributed by atoms with Gasteiger partial charge in [0.15, 0.2) is 18.0 Å². The largest absolute Gasteiger partial charge is 0.418 e. The second-order valence-corrected chi connectivity index (χ2v) is 8.58. The van der Waals surface area contributed by atoms with Gasteiger partial charge < -0.3 is 29.2 Å². The Kier molecular flexibility index (Phi) is 5.38. The Morgan fingerprint density at radius 1 is 1.12 bits per heavy atom. The minimum absolute atomic E-state index is 0.0520. The molecule has 9 heteroatoms. The first-order valence-corrected chi connectivity index (χ1v) is 11.1. The Balaban J connectivity index is 1.77. The Labute approximate surface area is 195 Å². The first-order chi connectivity index (χ1) is 16.3. The molecular formula is C25H25N3O6. The third kappa shape index (κ3) is 3.36. The highest BCUT2D eigenvalue weighted by Gasteiger charge is 2.39. The molecule has 0 radical (unpaired) electrons. The van der Waals surface area contributed by atoms with Gasteiger partial charge in [-0.25, -0.2) is 9.59 Å². The number of anilines is 1. The van der Waals surface area contributed by atoms with Gasteiger partial charge in [0.2, 0.25) is 5.75 Å². The van der Waals surface area contributed by atoms with Crippen molar-refractivity contribution in [3.63, 3.8) is 0 Å². The maximum atomic E-state index is 12.5. The lowest BCUT2D eigenvalue weighted by atomic mass is 10.00. The molecule has 1 aromatic carbocycles. The van der Waals surface area contributed by atoms with Crippen molar-refractivity contribution in [2.45, 2.75) is 45.6 Å². The Morgan fingerprint density at radius 3 is 2.50 bits per heavy atom. The van der Waals surface area contributed by atoms with E-state index < -0.39 is 24.1 Å². The quantitative estimate of drug-likeness (QED) is 0.448. The van der Waals surface area contributed by atoms with Gasteiger partial charge in [-0.3, -0.25) is 0 Å². The van der Waals surface area contributed by atoms with E-state index in [4.69, 9.17) is 9.47 Å². The number of fused-ring (bicyclic) bond motifs is 4. The van der Waals surface area contributed by atoms with Gasteiger partial charge in [-0.15, -0.1) is 6.58 Å². The number of hydrogen-bond acceptors (Lipinski definition) is 8. The third-order valence-electron chi connectivity index (χ3n) is 6.59. The number of aromatic nitrogens is 2. The Morgan fingerprint density at radius 2 is 1.79 bits per heavy atom. The molecule has 2 aliphatic rings. The van der Waals surface area contributed by atoms with Crippen molar-refractivity contribution in [2.75, 3.05) is 11.4 Å². The molecule has 5 rings (SSSR count). The number of aryl methyl sites for hydroxylation is 1. The van der Waals surface area contributed by atoms with Crippen molar-refractivity contribution in [1.29, 1.82) is 0 Å². The van der Waals surface area contributed by atoms with E-state index in [1.54, 1.807) is 6.08 Å². The highest BCUT2D eigenvalue weighted by Crippen LogP contribution is 2.45. The molecule has 176 valence electrons. The summed E-state index contributed by atoms with van der Waals surface area (Å²) in [6.07, 6.45) is -1.55. The first kappa shape index (κ1) is 22.1. The number of benzene rings is 1. The molecule has 2 unspecified atom stereocenters. The number of nitrogens with zero attached hydrogens (tertiary/aromatic N) is 3. The van der Waals surface area contributed by atoms with E-state index >= 15 is 0 Å². The average Bonchev–Trinajstić information content (AvgIpc) is 3.08. The number of aliphatic hydroxyl groups excluding tert-OH is 2. The summed E-state index contributed by atoms with van der Waals surface area (Å²) in [7, 11) is 0. The van der Waals surface area contributed by atoms with E-state index in [2.05, 4.69) is 28.6 Å². The van der Waals surface area contributed by atoms with Crippen LogP contribution in [0.3, 0.4) is 0 Å². The zero-order valence-corrected chi connectivity index (χ0v) is 18.9. The van der Waals surface area contributed by atoms with Crippen LogP contribution in [0.1, 0.15) is 22.4 Å². The summed E-state index contributed by atoms with van der Waals surface area (Å²) in [6, 6.07) is 8.20. The van der Waals surface area contributed by atoms with Crippen LogP contribution in [0.4, 0.5) is 5.82 Å². The molecule has 2 aliphatic heterocycles. The van der Waals surface area contributed by atoms with Crippen molar-refractivity contribution in [3.8, 4) is 11.6 Å². The number of pyridine rings is 1. The minimum Gasteiger partial charge on any atom is -0.418 e. The Hall–Kier alpha value is -3.69. The van der Waals surface area contributed by atoms with Gasteiger partial charge in [0, 0.05) is 25.3 Å². The maximum Gasteiger partial charge on any atom is 0.345 e. The summed E-state index contributed by atoms with van der Waals surface area (Å²) in [6.45, 7) is 9.47. The lowest BCUT2D eigenvalue weighted by molar-refractivity contribution is -0.164. The van der Waals surface area contributed by atoms with Crippen LogP contribution in [0.5, 0.6) is 11.6 Å². The topological polar surface area (TPSA) is 114 Å². The molecule has 2 atom stereocenters. The van der Waals surface area contributed by atoms with E-state index in [0.29, 0.717) is 36.4 Å². The molecule has 0 aliphatic carbocycles. The SMILES string of the molecule is C=CCn1c(C)c(C)c2c3c(nc(N4CCc5ccccc5C4)c21)OC(=O)C(O)C(O)C(=O)O3. The zero-order valence-electron chi connectivity index (χ0n) is 18.9. The molecule has 0 saturated carbocycles. The number of allylic oxidation sites excluding steroid dienone is 1. The molecule has 3 aromatic rings. The van der Waals surface area contributed by atoms with Crippen LogP contribution in [0, 0.1) is 13.8 Å². The van der Waals surface area contributed by atoms with E-state index in [-0.39, 0.29) is 11.6 Å². The second kappa shape index (κ2) is 8.27. The number of aliphatic hydroxyl groups is 2. The summed E-state index contributed by atoms with van der Waals surface area (Å²) in [4.78, 5) is 31.6. The number of carbonyl (C=O) groups is 2. The fourth-order valence-corrected chi connectivity index (χ4v) is 4.67. The number of hydrogen-bond donors (Lipinski definition) is 2. The molecule has 2 N–H and O–H groups in total. The van der Waals surface area contributed by atoms with Crippen molar-refractivity contribution in [3.05, 3.63) is 59.3 Å². The van der Waals surface area contributed by atoms with Gasteiger partial charge >= 0.3 is 11.9 Å². The molecule has 34 heavy (non-hydrogen) atoms. The number of carbonyl (C=O) groups excluding carboxylic acids is 2. The van der Waals surface area contributed by atoms with Crippen LogP contribution in [0.15, 0.2) is 36.9 Å². The molecular weight excluding hydrogens is 438 g/mol.